The number of anilines is 1. The Balaban J connectivity index is 1.50. The highest BCUT2D eigenvalue weighted by Crippen LogP contribution is 2.17. The molecule has 0 unspecified atom stereocenters. The van der Waals surface area contributed by atoms with Crippen LogP contribution in [-0.4, -0.2) is 43.1 Å². The maximum atomic E-state index is 12.5. The quantitative estimate of drug-likeness (QED) is 0.660. The number of carbonyl (C=O) groups excluding carboxylic acids is 1. The van der Waals surface area contributed by atoms with Crippen molar-refractivity contribution in [3.8, 4) is 0 Å². The number of hydrogen-bond donors (Lipinski definition) is 3. The highest BCUT2D eigenvalue weighted by atomic mass is 35.5. The van der Waals surface area contributed by atoms with Crippen molar-refractivity contribution in [3.05, 3.63) is 59.4 Å². The van der Waals surface area contributed by atoms with Crippen LogP contribution < -0.4 is 15.1 Å². The molecular formula is C19H25ClN4O+2. The lowest BCUT2D eigenvalue weighted by molar-refractivity contribution is -1.02. The van der Waals surface area contributed by atoms with E-state index in [-0.39, 0.29) is 11.9 Å². The largest absolute Gasteiger partial charge is 0.322 e. The van der Waals surface area contributed by atoms with Crippen LogP contribution in [0.15, 0.2) is 48.7 Å². The minimum absolute atomic E-state index is 0.00332. The van der Waals surface area contributed by atoms with Crippen LogP contribution in [0.25, 0.3) is 0 Å². The molecule has 5 nitrogen and oxygen atoms in total. The molecule has 0 spiro atoms. The first-order chi connectivity index (χ1) is 12.1. The number of aromatic nitrogens is 1. The van der Waals surface area contributed by atoms with E-state index >= 15 is 0 Å². The van der Waals surface area contributed by atoms with Crippen LogP contribution in [0.4, 0.5) is 5.69 Å². The van der Waals surface area contributed by atoms with Crippen molar-refractivity contribution in [1.29, 1.82) is 0 Å². The van der Waals surface area contributed by atoms with Gasteiger partial charge in [0.15, 0.2) is 11.2 Å². The number of benzene rings is 1. The standard InChI is InChI=1S/C19H23ClN4O/c1-15(19(25)22-17-8-5-9-21-18(17)20)24-12-10-23(11-13-24)14-16-6-3-2-4-7-16/h2-9,15H,10-14H2,1H3,(H,22,25)/p+2/t15-/m1/s1. The lowest BCUT2D eigenvalue weighted by atomic mass is 10.1. The third-order valence-electron chi connectivity index (χ3n) is 4.92. The van der Waals surface area contributed by atoms with Crippen molar-refractivity contribution >= 4 is 23.2 Å². The van der Waals surface area contributed by atoms with E-state index in [4.69, 9.17) is 11.6 Å². The molecule has 6 heteroatoms. The van der Waals surface area contributed by atoms with Gasteiger partial charge in [0.2, 0.25) is 0 Å². The first-order valence-corrected chi connectivity index (χ1v) is 9.14. The van der Waals surface area contributed by atoms with Crippen molar-refractivity contribution in [2.75, 3.05) is 31.5 Å². The van der Waals surface area contributed by atoms with E-state index in [0.717, 1.165) is 32.7 Å². The van der Waals surface area contributed by atoms with Crippen LogP contribution in [0.1, 0.15) is 12.5 Å². The molecule has 3 rings (SSSR count). The molecule has 1 aliphatic heterocycles. The van der Waals surface area contributed by atoms with E-state index in [0.29, 0.717) is 10.8 Å². The third-order valence-corrected chi connectivity index (χ3v) is 5.22. The SMILES string of the molecule is C[C@H](C(=O)Nc1cccnc1Cl)[NH+]1CC[NH+](Cc2ccccc2)CC1. The number of quaternary nitrogens is 2. The maximum Gasteiger partial charge on any atom is 0.282 e. The lowest BCUT2D eigenvalue weighted by Gasteiger charge is -2.32. The van der Waals surface area contributed by atoms with Gasteiger partial charge in [-0.3, -0.25) is 4.79 Å². The average Bonchev–Trinajstić information content (AvgIpc) is 2.64. The van der Waals surface area contributed by atoms with Gasteiger partial charge in [-0.15, -0.1) is 0 Å². The van der Waals surface area contributed by atoms with E-state index in [2.05, 4.69) is 40.6 Å². The van der Waals surface area contributed by atoms with Crippen LogP contribution >= 0.6 is 11.6 Å². The predicted molar refractivity (Wildman–Crippen MR) is 98.9 cm³/mol. The summed E-state index contributed by atoms with van der Waals surface area (Å²) in [5.74, 6) is -0.00332. The fourth-order valence-electron chi connectivity index (χ4n) is 3.32. The molecule has 0 bridgehead atoms. The number of nitrogens with zero attached hydrogens (tertiary/aromatic N) is 1. The van der Waals surface area contributed by atoms with E-state index in [1.807, 2.05) is 6.92 Å². The highest BCUT2D eigenvalue weighted by molar-refractivity contribution is 6.32. The maximum absolute atomic E-state index is 12.5. The van der Waals surface area contributed by atoms with Gasteiger partial charge in [-0.05, 0) is 19.1 Å². The molecule has 1 aromatic carbocycles. The minimum Gasteiger partial charge on any atom is -0.322 e. The summed E-state index contributed by atoms with van der Waals surface area (Å²) in [4.78, 5) is 19.4. The molecule has 1 atom stereocenters. The molecule has 132 valence electrons. The van der Waals surface area contributed by atoms with Crippen LogP contribution in [0.5, 0.6) is 0 Å². The number of nitrogens with one attached hydrogen (secondary N) is 3. The Labute approximate surface area is 153 Å². The molecule has 0 aliphatic carbocycles. The Hall–Kier alpha value is -1.95. The highest BCUT2D eigenvalue weighted by Gasteiger charge is 2.31. The van der Waals surface area contributed by atoms with Gasteiger partial charge >= 0.3 is 0 Å². The molecule has 25 heavy (non-hydrogen) atoms. The number of hydrogen-bond acceptors (Lipinski definition) is 2. The normalized spacial score (nSPS) is 21.5. The zero-order valence-corrected chi connectivity index (χ0v) is 15.2. The molecule has 2 aromatic rings. The smallest absolute Gasteiger partial charge is 0.282 e. The average molecular weight is 361 g/mol. The van der Waals surface area contributed by atoms with Crippen molar-refractivity contribution in [3.63, 3.8) is 0 Å². The first kappa shape index (κ1) is 17.9. The fourth-order valence-corrected chi connectivity index (χ4v) is 3.49. The third kappa shape index (κ3) is 4.78. The summed E-state index contributed by atoms with van der Waals surface area (Å²) in [6.45, 7) is 7.19. The van der Waals surface area contributed by atoms with Crippen LogP contribution in [-0.2, 0) is 11.3 Å². The van der Waals surface area contributed by atoms with Crippen molar-refractivity contribution in [1.82, 2.24) is 4.98 Å². The summed E-state index contributed by atoms with van der Waals surface area (Å²) in [5, 5.41) is 3.23. The van der Waals surface area contributed by atoms with Crippen molar-refractivity contribution in [2.45, 2.75) is 19.5 Å². The number of halogens is 1. The van der Waals surface area contributed by atoms with Crippen molar-refractivity contribution in [2.24, 2.45) is 0 Å². The molecule has 1 saturated heterocycles. The zero-order chi connectivity index (χ0) is 17.6. The van der Waals surface area contributed by atoms with E-state index in [1.165, 1.54) is 10.5 Å². The molecule has 1 fully saturated rings. The fraction of sp³-hybridized carbons (Fsp3) is 0.368. The zero-order valence-electron chi connectivity index (χ0n) is 14.5. The van der Waals surface area contributed by atoms with Crippen LogP contribution in [0, 0.1) is 0 Å². The van der Waals surface area contributed by atoms with Crippen LogP contribution in [0.3, 0.4) is 0 Å². The number of piperazine rings is 1. The molecular weight excluding hydrogens is 336 g/mol. The molecule has 3 N–H and O–H groups in total. The number of rotatable bonds is 5. The van der Waals surface area contributed by atoms with Gasteiger partial charge in [-0.1, -0.05) is 41.9 Å². The van der Waals surface area contributed by atoms with Gasteiger partial charge in [0, 0.05) is 11.8 Å². The summed E-state index contributed by atoms with van der Waals surface area (Å²) >= 11 is 6.02. The summed E-state index contributed by atoms with van der Waals surface area (Å²) in [6.07, 6.45) is 1.61. The second-order valence-corrected chi connectivity index (χ2v) is 6.98. The van der Waals surface area contributed by atoms with Gasteiger partial charge in [0.25, 0.3) is 5.91 Å². The van der Waals surface area contributed by atoms with Crippen molar-refractivity contribution < 1.29 is 14.6 Å². The predicted octanol–water partition coefficient (Wildman–Crippen LogP) is 0.0456. The summed E-state index contributed by atoms with van der Waals surface area (Å²) < 4.78 is 0. The Morgan fingerprint density at radius 3 is 2.56 bits per heavy atom. The Morgan fingerprint density at radius 2 is 1.88 bits per heavy atom. The Bertz CT molecular complexity index is 702. The summed E-state index contributed by atoms with van der Waals surface area (Å²) in [5.41, 5.74) is 1.95. The second-order valence-electron chi connectivity index (χ2n) is 6.62. The first-order valence-electron chi connectivity index (χ1n) is 8.77. The molecule has 1 aliphatic rings. The van der Waals surface area contributed by atoms with E-state index in [9.17, 15) is 4.79 Å². The lowest BCUT2D eigenvalue weighted by Crippen LogP contribution is -3.29. The topological polar surface area (TPSA) is 50.9 Å². The number of carbonyl (C=O) groups is 1. The Kier molecular flexibility index (Phi) is 6.02. The molecule has 1 amide bonds. The number of pyridine rings is 1. The molecule has 2 heterocycles. The van der Waals surface area contributed by atoms with E-state index in [1.54, 1.807) is 23.2 Å². The van der Waals surface area contributed by atoms with Crippen LogP contribution in [0.2, 0.25) is 5.15 Å². The monoisotopic (exact) mass is 360 g/mol. The Morgan fingerprint density at radius 1 is 1.16 bits per heavy atom. The van der Waals surface area contributed by atoms with Gasteiger partial charge < -0.3 is 15.1 Å². The van der Waals surface area contributed by atoms with E-state index < -0.39 is 0 Å². The molecule has 0 saturated carbocycles. The second kappa shape index (κ2) is 8.43. The molecule has 0 radical (unpaired) electrons. The van der Waals surface area contributed by atoms with Gasteiger partial charge in [0.05, 0.1) is 5.69 Å². The van der Waals surface area contributed by atoms with Gasteiger partial charge in [0.1, 0.15) is 32.7 Å². The summed E-state index contributed by atoms with van der Waals surface area (Å²) in [7, 11) is 0. The van der Waals surface area contributed by atoms with Gasteiger partial charge in [-0.2, -0.15) is 0 Å². The van der Waals surface area contributed by atoms with Gasteiger partial charge in [-0.25, -0.2) is 4.98 Å². The number of amides is 1. The summed E-state index contributed by atoms with van der Waals surface area (Å²) in [6, 6.07) is 14.0. The minimum atomic E-state index is -0.102. The molecule has 1 aromatic heterocycles.